The molecule has 1 rings (SSSR count). The van der Waals surface area contributed by atoms with Crippen molar-refractivity contribution in [2.45, 2.75) is 44.6 Å². The van der Waals surface area contributed by atoms with Crippen molar-refractivity contribution >= 4 is 16.0 Å². The maximum Gasteiger partial charge on any atom is 0.339 e. The van der Waals surface area contributed by atoms with Crippen LogP contribution in [0.2, 0.25) is 0 Å². The van der Waals surface area contributed by atoms with Crippen LogP contribution in [-0.2, 0) is 10.0 Å². The molecule has 1 atom stereocenters. The zero-order valence-corrected chi connectivity index (χ0v) is 16.1. The summed E-state index contributed by atoms with van der Waals surface area (Å²) in [6.07, 6.45) is 1.59. The predicted molar refractivity (Wildman–Crippen MR) is 96.8 cm³/mol. The van der Waals surface area contributed by atoms with Crippen LogP contribution in [0.25, 0.3) is 0 Å². The summed E-state index contributed by atoms with van der Waals surface area (Å²) in [5, 5.41) is 9.18. The molecule has 0 unspecified atom stereocenters. The first-order valence-electron chi connectivity index (χ1n) is 8.41. The number of carboxylic acids is 1. The number of ether oxygens (including phenoxy) is 1. The molecule has 0 heterocycles. The lowest BCUT2D eigenvalue weighted by Crippen LogP contribution is -2.33. The second kappa shape index (κ2) is 9.74. The van der Waals surface area contributed by atoms with Crippen molar-refractivity contribution in [2.75, 3.05) is 26.7 Å². The highest BCUT2D eigenvalue weighted by atomic mass is 32.2. The summed E-state index contributed by atoms with van der Waals surface area (Å²) in [7, 11) is -2.45. The Labute approximate surface area is 150 Å². The number of hydrogen-bond donors (Lipinski definition) is 2. The van der Waals surface area contributed by atoms with Crippen LogP contribution in [-0.4, -0.2) is 57.2 Å². The normalized spacial score (nSPS) is 13.0. The molecule has 0 spiro atoms. The van der Waals surface area contributed by atoms with Gasteiger partial charge in [0.25, 0.3) is 0 Å². The van der Waals surface area contributed by atoms with Crippen LogP contribution in [0.4, 0.5) is 0 Å². The fraction of sp³-hybridized carbons (Fsp3) is 0.588. The van der Waals surface area contributed by atoms with Gasteiger partial charge in [-0.2, -0.15) is 0 Å². The molecule has 1 aromatic carbocycles. The Morgan fingerprint density at radius 3 is 2.48 bits per heavy atom. The second-order valence-corrected chi connectivity index (χ2v) is 7.57. The molecular weight excluding hydrogens is 344 g/mol. The number of rotatable bonds is 11. The molecule has 1 aromatic rings. The van der Waals surface area contributed by atoms with E-state index < -0.39 is 16.0 Å². The number of methoxy groups -OCH3 is 1. The second-order valence-electron chi connectivity index (χ2n) is 5.86. The van der Waals surface area contributed by atoms with Gasteiger partial charge in [0, 0.05) is 6.04 Å². The Morgan fingerprint density at radius 1 is 1.32 bits per heavy atom. The van der Waals surface area contributed by atoms with Crippen molar-refractivity contribution in [2.24, 2.45) is 0 Å². The summed E-state index contributed by atoms with van der Waals surface area (Å²) < 4.78 is 32.5. The molecule has 7 nitrogen and oxygen atoms in total. The Morgan fingerprint density at radius 2 is 1.96 bits per heavy atom. The molecule has 0 bridgehead atoms. The molecule has 25 heavy (non-hydrogen) atoms. The third-order valence-electron chi connectivity index (χ3n) is 4.07. The summed E-state index contributed by atoms with van der Waals surface area (Å²) in [6.45, 7) is 8.87. The fourth-order valence-electron chi connectivity index (χ4n) is 2.57. The van der Waals surface area contributed by atoms with E-state index in [1.54, 1.807) is 6.92 Å². The largest absolute Gasteiger partial charge is 0.496 e. The maximum absolute atomic E-state index is 12.5. The average Bonchev–Trinajstić information content (AvgIpc) is 2.57. The molecule has 0 aliphatic heterocycles. The van der Waals surface area contributed by atoms with Crippen LogP contribution in [0.3, 0.4) is 0 Å². The average molecular weight is 372 g/mol. The molecule has 8 heteroatoms. The maximum atomic E-state index is 12.5. The van der Waals surface area contributed by atoms with Gasteiger partial charge in [-0.05, 0) is 57.6 Å². The van der Waals surface area contributed by atoms with Crippen molar-refractivity contribution in [3.8, 4) is 5.75 Å². The first-order chi connectivity index (χ1) is 11.7. The molecule has 0 saturated heterocycles. The van der Waals surface area contributed by atoms with Crippen LogP contribution >= 0.6 is 0 Å². The smallest absolute Gasteiger partial charge is 0.339 e. The van der Waals surface area contributed by atoms with Crippen LogP contribution in [0.15, 0.2) is 23.1 Å². The summed E-state index contributed by atoms with van der Waals surface area (Å²) in [4.78, 5) is 13.4. The number of hydrogen-bond acceptors (Lipinski definition) is 5. The quantitative estimate of drug-likeness (QED) is 0.618. The first-order valence-corrected chi connectivity index (χ1v) is 9.89. The molecule has 0 amide bonds. The number of benzene rings is 1. The Hall–Kier alpha value is -1.64. The Kier molecular flexibility index (Phi) is 8.34. The van der Waals surface area contributed by atoms with E-state index in [1.165, 1.54) is 19.2 Å². The van der Waals surface area contributed by atoms with E-state index in [9.17, 15) is 18.3 Å². The molecule has 0 radical (unpaired) electrons. The summed E-state index contributed by atoms with van der Waals surface area (Å²) in [5.41, 5.74) is -0.181. The van der Waals surface area contributed by atoms with Crippen LogP contribution in [0, 0.1) is 0 Å². The van der Waals surface area contributed by atoms with Crippen molar-refractivity contribution in [1.82, 2.24) is 9.62 Å². The van der Waals surface area contributed by atoms with E-state index in [0.29, 0.717) is 6.42 Å². The van der Waals surface area contributed by atoms with E-state index in [4.69, 9.17) is 4.74 Å². The molecule has 0 aliphatic carbocycles. The van der Waals surface area contributed by atoms with E-state index in [-0.39, 0.29) is 22.3 Å². The topological polar surface area (TPSA) is 95.9 Å². The van der Waals surface area contributed by atoms with Gasteiger partial charge in [-0.25, -0.2) is 17.9 Å². The number of aromatic carboxylic acids is 1. The van der Waals surface area contributed by atoms with Gasteiger partial charge in [-0.3, -0.25) is 0 Å². The summed E-state index contributed by atoms with van der Waals surface area (Å²) in [6, 6.07) is 3.57. The zero-order valence-electron chi connectivity index (χ0n) is 15.3. The zero-order chi connectivity index (χ0) is 19.0. The van der Waals surface area contributed by atoms with Gasteiger partial charge in [-0.15, -0.1) is 0 Å². The number of nitrogens with one attached hydrogen (secondary N) is 1. The third-order valence-corrected chi connectivity index (χ3v) is 5.66. The van der Waals surface area contributed by atoms with Gasteiger partial charge < -0.3 is 14.7 Å². The fourth-order valence-corrected chi connectivity index (χ4v) is 3.88. The highest BCUT2D eigenvalue weighted by Gasteiger charge is 2.21. The lowest BCUT2D eigenvalue weighted by Gasteiger charge is -2.20. The van der Waals surface area contributed by atoms with Gasteiger partial charge in [0.05, 0.1) is 12.0 Å². The monoisotopic (exact) mass is 372 g/mol. The van der Waals surface area contributed by atoms with Crippen molar-refractivity contribution in [3.63, 3.8) is 0 Å². The molecule has 142 valence electrons. The number of carboxylic acid groups (broad SMARTS) is 1. The lowest BCUT2D eigenvalue weighted by molar-refractivity contribution is 0.0693. The highest BCUT2D eigenvalue weighted by molar-refractivity contribution is 7.89. The van der Waals surface area contributed by atoms with Gasteiger partial charge >= 0.3 is 5.97 Å². The third kappa shape index (κ3) is 6.30. The van der Waals surface area contributed by atoms with E-state index in [0.717, 1.165) is 32.1 Å². The minimum Gasteiger partial charge on any atom is -0.496 e. The van der Waals surface area contributed by atoms with E-state index in [2.05, 4.69) is 23.5 Å². The summed E-state index contributed by atoms with van der Waals surface area (Å²) in [5.74, 6) is -1.11. The van der Waals surface area contributed by atoms with Gasteiger partial charge in [0.1, 0.15) is 11.3 Å². The SMILES string of the molecule is CCN(CC)CCC[C@@H](C)NS(=O)(=O)c1ccc(OC)c(C(=O)O)c1. The van der Waals surface area contributed by atoms with Crippen molar-refractivity contribution in [1.29, 1.82) is 0 Å². The van der Waals surface area contributed by atoms with E-state index in [1.807, 2.05) is 0 Å². The highest BCUT2D eigenvalue weighted by Crippen LogP contribution is 2.22. The molecule has 2 N–H and O–H groups in total. The molecular formula is C17H28N2O5S. The standard InChI is InChI=1S/C17H28N2O5S/c1-5-19(6-2)11-7-8-13(3)18-25(22,23)14-9-10-16(24-4)15(12-14)17(20)21/h9-10,12-13,18H,5-8,11H2,1-4H3,(H,20,21)/t13-/m1/s1. The van der Waals surface area contributed by atoms with Gasteiger partial charge in [0.2, 0.25) is 10.0 Å². The number of nitrogens with zero attached hydrogens (tertiary/aromatic N) is 1. The lowest BCUT2D eigenvalue weighted by atomic mass is 10.2. The van der Waals surface area contributed by atoms with Crippen molar-refractivity contribution < 1.29 is 23.1 Å². The Bertz CT molecular complexity index is 672. The molecule has 0 saturated carbocycles. The van der Waals surface area contributed by atoms with Crippen LogP contribution < -0.4 is 9.46 Å². The molecule has 0 aliphatic rings. The molecule has 0 aromatic heterocycles. The number of sulfonamides is 1. The van der Waals surface area contributed by atoms with Crippen LogP contribution in [0.5, 0.6) is 5.75 Å². The number of carbonyl (C=O) groups is 1. The molecule has 0 fully saturated rings. The van der Waals surface area contributed by atoms with E-state index >= 15 is 0 Å². The van der Waals surface area contributed by atoms with Gasteiger partial charge in [0.15, 0.2) is 0 Å². The van der Waals surface area contributed by atoms with Crippen molar-refractivity contribution in [3.05, 3.63) is 23.8 Å². The Balaban J connectivity index is 2.78. The minimum atomic E-state index is -3.78. The summed E-state index contributed by atoms with van der Waals surface area (Å²) >= 11 is 0. The van der Waals surface area contributed by atoms with Gasteiger partial charge in [-0.1, -0.05) is 13.8 Å². The van der Waals surface area contributed by atoms with Crippen LogP contribution in [0.1, 0.15) is 44.0 Å². The predicted octanol–water partition coefficient (Wildman–Crippen LogP) is 2.18. The minimum absolute atomic E-state index is 0.0821. The first kappa shape index (κ1) is 21.4.